The second kappa shape index (κ2) is 11.0. The molecule has 0 aliphatic heterocycles. The zero-order chi connectivity index (χ0) is 50.9. The number of nitrogens with zero attached hydrogens (tertiary/aromatic N) is 2. The van der Waals surface area contributed by atoms with Gasteiger partial charge in [-0.05, 0) is 88.8 Å². The number of para-hydroxylation sites is 3. The molecule has 0 fully saturated rings. The van der Waals surface area contributed by atoms with E-state index < -0.39 is 114 Å². The average Bonchev–Trinajstić information content (AvgIpc) is 4.03. The van der Waals surface area contributed by atoms with Crippen molar-refractivity contribution in [1.82, 2.24) is 9.13 Å². The fourth-order valence-corrected chi connectivity index (χ4v) is 7.80. The summed E-state index contributed by atoms with van der Waals surface area (Å²) in [5.74, 6) is 0. The van der Waals surface area contributed by atoms with Crippen LogP contribution >= 0.6 is 11.3 Å². The third kappa shape index (κ3) is 4.29. The van der Waals surface area contributed by atoms with Gasteiger partial charge in [-0.25, -0.2) is 0 Å². The molecule has 0 bridgehead atoms. The number of thiophene rings is 1. The van der Waals surface area contributed by atoms with Gasteiger partial charge in [-0.3, -0.25) is 0 Å². The Morgan fingerprint density at radius 3 is 2.12 bits per heavy atom. The van der Waals surface area contributed by atoms with Gasteiger partial charge in [-0.15, -0.1) is 11.3 Å². The molecule has 3 heterocycles. The summed E-state index contributed by atoms with van der Waals surface area (Å²) in [6.45, 7) is 0. The SMILES string of the molecule is [2H]c1ccc(-c2c([2H])c([2H])c([2H])c3sc4c([2H])cc(-n5c6cc([2H])c([2H])c([2H])c6c6c([2H])c(-c7c([2H])c([2H])c8c9c([2H])c([2H])c([2H])c([2H])c9n(-c9ccccc9)c8c7[2H])c([2H])c([2H])c65)cc4c23)c([2H])c1[2H]. The second-order valence-corrected chi connectivity index (χ2v) is 12.8. The first-order valence-electron chi connectivity index (χ1n) is 25.8. The van der Waals surface area contributed by atoms with Crippen molar-refractivity contribution in [2.45, 2.75) is 0 Å². The molecule has 3 aromatic heterocycles. The lowest BCUT2D eigenvalue weighted by Gasteiger charge is -2.10. The highest BCUT2D eigenvalue weighted by molar-refractivity contribution is 7.26. The molecule has 11 aromatic rings. The van der Waals surface area contributed by atoms with Crippen LogP contribution in [-0.4, -0.2) is 9.13 Å². The van der Waals surface area contributed by atoms with E-state index in [1.54, 1.807) is 36.4 Å². The van der Waals surface area contributed by atoms with Gasteiger partial charge in [0.15, 0.2) is 0 Å². The molecule has 0 spiro atoms. The molecule has 3 heteroatoms. The molecule has 0 saturated heterocycles. The fraction of sp³-hybridized carbons (Fsp3) is 0. The minimum atomic E-state index is -0.703. The topological polar surface area (TPSA) is 9.86 Å². The van der Waals surface area contributed by atoms with E-state index >= 15 is 0 Å². The Bertz CT molecular complexity index is 4290. The molecule has 8 aromatic carbocycles. The smallest absolute Gasteiger partial charge is 0.0652 e. The first kappa shape index (κ1) is 15.2. The minimum Gasteiger partial charge on any atom is -0.309 e. The predicted octanol–water partition coefficient (Wildman–Crippen LogP) is 13.6. The lowest BCUT2D eigenvalue weighted by atomic mass is 9.99. The number of hydrogen-bond acceptors (Lipinski definition) is 1. The first-order valence-corrected chi connectivity index (χ1v) is 16.6. The molecule has 2 nitrogen and oxygen atoms in total. The number of rotatable bonds is 4. The molecular formula is C48H30N2S. The zero-order valence-corrected chi connectivity index (χ0v) is 26.9. The van der Waals surface area contributed by atoms with Gasteiger partial charge in [0, 0.05) is 53.1 Å². The van der Waals surface area contributed by atoms with E-state index in [-0.39, 0.29) is 94.0 Å². The molecule has 0 N–H and O–H groups in total. The number of fused-ring (bicyclic) bond motifs is 9. The molecule has 0 aliphatic carbocycles. The number of hydrogen-bond donors (Lipinski definition) is 0. The van der Waals surface area contributed by atoms with E-state index in [4.69, 9.17) is 16.4 Å². The van der Waals surface area contributed by atoms with E-state index in [9.17, 15) is 11.0 Å². The molecule has 0 aliphatic rings. The summed E-state index contributed by atoms with van der Waals surface area (Å²) >= 11 is 0.989. The summed E-state index contributed by atoms with van der Waals surface area (Å²) in [4.78, 5) is 0. The highest BCUT2D eigenvalue weighted by Gasteiger charge is 2.18. The quantitative estimate of drug-likeness (QED) is 0.174. The van der Waals surface area contributed by atoms with Gasteiger partial charge in [0.05, 0.1) is 49.5 Å². The monoisotopic (exact) mass is 686 g/mol. The largest absolute Gasteiger partial charge is 0.309 e. The molecule has 11 rings (SSSR count). The molecule has 0 saturated carbocycles. The minimum absolute atomic E-state index is 0.00133. The second-order valence-electron chi connectivity index (χ2n) is 11.8. The Labute approximate surface area is 326 Å². The van der Waals surface area contributed by atoms with E-state index in [1.165, 1.54) is 33.4 Å². The van der Waals surface area contributed by atoms with Gasteiger partial charge in [-0.1, -0.05) is 115 Å². The molecule has 0 atom stereocenters. The molecule has 51 heavy (non-hydrogen) atoms. The molecule has 0 amide bonds. The maximum Gasteiger partial charge on any atom is 0.0652 e. The van der Waals surface area contributed by atoms with E-state index in [0.717, 1.165) is 11.3 Å². The lowest BCUT2D eigenvalue weighted by Crippen LogP contribution is -1.94. The van der Waals surface area contributed by atoms with Crippen molar-refractivity contribution in [1.29, 1.82) is 0 Å². The highest BCUT2D eigenvalue weighted by atomic mass is 32.1. The van der Waals surface area contributed by atoms with Crippen LogP contribution in [0, 0.1) is 0 Å². The van der Waals surface area contributed by atoms with Crippen LogP contribution in [0.2, 0.25) is 0 Å². The maximum absolute atomic E-state index is 9.92. The Kier molecular flexibility index (Phi) is 3.30. The normalized spacial score (nSPS) is 17.4. The van der Waals surface area contributed by atoms with Crippen LogP contribution in [0.4, 0.5) is 0 Å². The number of aromatic nitrogens is 2. The summed E-state index contributed by atoms with van der Waals surface area (Å²) in [6.07, 6.45) is 0. The van der Waals surface area contributed by atoms with Crippen molar-refractivity contribution in [3.63, 3.8) is 0 Å². The Balaban J connectivity index is 1.29. The van der Waals surface area contributed by atoms with Crippen LogP contribution in [-0.2, 0) is 0 Å². The average molecular weight is 687 g/mol. The van der Waals surface area contributed by atoms with Gasteiger partial charge < -0.3 is 9.13 Å². The molecule has 0 radical (unpaired) electrons. The predicted molar refractivity (Wildman–Crippen MR) is 219 cm³/mol. The van der Waals surface area contributed by atoms with Crippen LogP contribution in [0.25, 0.3) is 97.4 Å². The summed E-state index contributed by atoms with van der Waals surface area (Å²) < 4.78 is 184. The maximum atomic E-state index is 9.92. The first-order chi connectivity index (χ1) is 33.6. The van der Waals surface area contributed by atoms with Crippen LogP contribution < -0.4 is 0 Å². The van der Waals surface area contributed by atoms with Gasteiger partial charge >= 0.3 is 0 Å². The summed E-state index contributed by atoms with van der Waals surface area (Å²) in [6, 6.07) is 5.22. The molecule has 238 valence electrons. The summed E-state index contributed by atoms with van der Waals surface area (Å²) in [5, 5.41) is -0.173. The van der Waals surface area contributed by atoms with Crippen LogP contribution in [0.3, 0.4) is 0 Å². The van der Waals surface area contributed by atoms with Gasteiger partial charge in [-0.2, -0.15) is 0 Å². The van der Waals surface area contributed by atoms with E-state index in [1.807, 2.05) is 0 Å². The van der Waals surface area contributed by atoms with Crippen molar-refractivity contribution >= 4 is 75.1 Å². The van der Waals surface area contributed by atoms with E-state index in [0.29, 0.717) is 10.4 Å². The third-order valence-electron chi connectivity index (χ3n) is 8.99. The number of benzene rings is 8. The van der Waals surface area contributed by atoms with Crippen LogP contribution in [0.1, 0.15) is 27.4 Å². The zero-order valence-electron chi connectivity index (χ0n) is 46.1. The van der Waals surface area contributed by atoms with Gasteiger partial charge in [0.25, 0.3) is 0 Å². The fourth-order valence-electron chi connectivity index (χ4n) is 6.80. The van der Waals surface area contributed by atoms with Crippen LogP contribution in [0.15, 0.2) is 182 Å². The van der Waals surface area contributed by atoms with Crippen molar-refractivity contribution in [3.05, 3.63) is 182 Å². The van der Waals surface area contributed by atoms with Gasteiger partial charge in [0.2, 0.25) is 0 Å². The van der Waals surface area contributed by atoms with Crippen molar-refractivity contribution in [2.24, 2.45) is 0 Å². The van der Waals surface area contributed by atoms with Gasteiger partial charge in [0.1, 0.15) is 0 Å². The van der Waals surface area contributed by atoms with Crippen molar-refractivity contribution in [2.75, 3.05) is 0 Å². The van der Waals surface area contributed by atoms with Crippen molar-refractivity contribution in [3.8, 4) is 33.6 Å². The molecular weight excluding hydrogens is 637 g/mol. The Morgan fingerprint density at radius 2 is 1.18 bits per heavy atom. The summed E-state index contributed by atoms with van der Waals surface area (Å²) in [5.41, 5.74) is -0.894. The Hall–Kier alpha value is -6.42. The summed E-state index contributed by atoms with van der Waals surface area (Å²) in [7, 11) is 0. The highest BCUT2D eigenvalue weighted by Crippen LogP contribution is 2.43. The Morgan fingerprint density at radius 1 is 0.412 bits per heavy atom. The standard InChI is InChI=1S/C48H30N2S/c1-3-12-31(13-4-1)36-18-11-21-47-48(36)41-30-35(24-27-46(41)51-47)50-43-20-10-8-17-38(43)40-28-32(23-26-44(40)50)33-22-25-39-37-16-7-9-19-42(37)49(45(39)29-33)34-14-5-2-6-15-34/h1-30H/i1D,3D,7D,8D,9D,10D,11D,12D,16D,17D,18D,19D,21D,22D,23D,25D,26D,27D,28D,29D. The van der Waals surface area contributed by atoms with Crippen LogP contribution in [0.5, 0.6) is 0 Å². The van der Waals surface area contributed by atoms with E-state index in [2.05, 4.69) is 0 Å². The lowest BCUT2D eigenvalue weighted by molar-refractivity contribution is 1.18. The third-order valence-corrected chi connectivity index (χ3v) is 10.0. The molecule has 0 unspecified atom stereocenters. The van der Waals surface area contributed by atoms with Crippen molar-refractivity contribution < 1.29 is 27.4 Å².